The van der Waals surface area contributed by atoms with Gasteiger partial charge in [-0.05, 0) is 49.5 Å². The summed E-state index contributed by atoms with van der Waals surface area (Å²) in [6, 6.07) is 7.38. The van der Waals surface area contributed by atoms with Gasteiger partial charge in [-0.25, -0.2) is 0 Å². The number of carbonyl (C=O) groups excluding carboxylic acids is 1. The quantitative estimate of drug-likeness (QED) is 0.312. The first-order valence-corrected chi connectivity index (χ1v) is 10.3. The van der Waals surface area contributed by atoms with Crippen molar-refractivity contribution >= 4 is 39.6 Å². The summed E-state index contributed by atoms with van der Waals surface area (Å²) in [6.07, 6.45) is 5.33. The smallest absolute Gasteiger partial charge is 0.251 e. The van der Waals surface area contributed by atoms with E-state index in [1.807, 2.05) is 30.0 Å². The van der Waals surface area contributed by atoms with E-state index in [1.165, 1.54) is 12.2 Å². The lowest BCUT2D eigenvalue weighted by Gasteiger charge is -2.12. The molecular formula is C17H27BrN4OS. The highest BCUT2D eigenvalue weighted by molar-refractivity contribution is 9.10. The van der Waals surface area contributed by atoms with Gasteiger partial charge in [0.1, 0.15) is 0 Å². The fourth-order valence-electron chi connectivity index (χ4n) is 2.03. The molecule has 0 spiro atoms. The highest BCUT2D eigenvalue weighted by Crippen LogP contribution is 2.11. The molecule has 1 amide bonds. The van der Waals surface area contributed by atoms with Gasteiger partial charge >= 0.3 is 0 Å². The summed E-state index contributed by atoms with van der Waals surface area (Å²) >= 11 is 5.25. The van der Waals surface area contributed by atoms with Crippen LogP contribution in [0.3, 0.4) is 0 Å². The van der Waals surface area contributed by atoms with Crippen LogP contribution in [0.2, 0.25) is 0 Å². The van der Waals surface area contributed by atoms with Gasteiger partial charge in [0.25, 0.3) is 5.91 Å². The maximum Gasteiger partial charge on any atom is 0.251 e. The van der Waals surface area contributed by atoms with Crippen LogP contribution in [0.5, 0.6) is 0 Å². The molecule has 0 fully saturated rings. The van der Waals surface area contributed by atoms with Gasteiger partial charge in [0.2, 0.25) is 0 Å². The van der Waals surface area contributed by atoms with Gasteiger partial charge in [-0.15, -0.1) is 0 Å². The van der Waals surface area contributed by atoms with Crippen LogP contribution >= 0.6 is 27.7 Å². The van der Waals surface area contributed by atoms with Crippen LogP contribution in [-0.4, -0.2) is 50.6 Å². The molecule has 134 valence electrons. The zero-order valence-electron chi connectivity index (χ0n) is 14.4. The molecule has 1 aromatic rings. The van der Waals surface area contributed by atoms with E-state index in [4.69, 9.17) is 0 Å². The van der Waals surface area contributed by atoms with Crippen LogP contribution in [0.15, 0.2) is 33.7 Å². The standard InChI is InChI=1S/C17H27BrN4OS/c1-19-17(21-9-3-4-12-24-2)22-11-6-10-20-16(23)14-7-5-8-15(18)13-14/h5,7-8,13H,3-4,6,9-12H2,1-2H3,(H,20,23)(H2,19,21,22). The molecule has 0 aromatic heterocycles. The van der Waals surface area contributed by atoms with E-state index in [0.717, 1.165) is 36.4 Å². The Morgan fingerprint density at radius 2 is 1.83 bits per heavy atom. The summed E-state index contributed by atoms with van der Waals surface area (Å²) in [4.78, 5) is 16.2. The van der Waals surface area contributed by atoms with Crippen LogP contribution in [0.1, 0.15) is 29.6 Å². The Bertz CT molecular complexity index is 525. The van der Waals surface area contributed by atoms with E-state index >= 15 is 0 Å². The highest BCUT2D eigenvalue weighted by Gasteiger charge is 2.04. The number of carbonyl (C=O) groups is 1. The molecule has 0 bridgehead atoms. The second-order valence-corrected chi connectivity index (χ2v) is 7.15. The Hall–Kier alpha value is -1.21. The number of unbranched alkanes of at least 4 members (excludes halogenated alkanes) is 1. The summed E-state index contributed by atoms with van der Waals surface area (Å²) in [5, 5.41) is 9.48. The molecule has 0 aliphatic heterocycles. The third-order valence-electron chi connectivity index (χ3n) is 3.31. The zero-order chi connectivity index (χ0) is 17.6. The molecule has 0 saturated carbocycles. The number of benzene rings is 1. The molecule has 0 unspecified atom stereocenters. The lowest BCUT2D eigenvalue weighted by molar-refractivity contribution is 0.0953. The van der Waals surface area contributed by atoms with E-state index in [2.05, 4.69) is 43.1 Å². The van der Waals surface area contributed by atoms with Crippen molar-refractivity contribution in [2.45, 2.75) is 19.3 Å². The van der Waals surface area contributed by atoms with Crippen LogP contribution in [-0.2, 0) is 0 Å². The minimum absolute atomic E-state index is 0.0485. The summed E-state index contributed by atoms with van der Waals surface area (Å²) in [5.41, 5.74) is 0.667. The lowest BCUT2D eigenvalue weighted by atomic mass is 10.2. The average Bonchev–Trinajstić information content (AvgIpc) is 2.59. The second-order valence-electron chi connectivity index (χ2n) is 5.25. The summed E-state index contributed by atoms with van der Waals surface area (Å²) in [5.74, 6) is 1.97. The first-order chi connectivity index (χ1) is 11.7. The molecule has 5 nitrogen and oxygen atoms in total. The van der Waals surface area contributed by atoms with Gasteiger partial charge in [-0.2, -0.15) is 11.8 Å². The monoisotopic (exact) mass is 414 g/mol. The maximum atomic E-state index is 12.0. The predicted octanol–water partition coefficient (Wildman–Crippen LogP) is 2.88. The Balaban J connectivity index is 2.12. The average molecular weight is 415 g/mol. The van der Waals surface area contributed by atoms with Crippen molar-refractivity contribution < 1.29 is 4.79 Å². The number of aliphatic imine (C=N–C) groups is 1. The normalized spacial score (nSPS) is 11.2. The highest BCUT2D eigenvalue weighted by atomic mass is 79.9. The molecule has 1 rings (SSSR count). The van der Waals surface area contributed by atoms with Gasteiger partial charge in [-0.3, -0.25) is 9.79 Å². The topological polar surface area (TPSA) is 65.5 Å². The molecule has 7 heteroatoms. The second kappa shape index (κ2) is 13.1. The molecule has 3 N–H and O–H groups in total. The van der Waals surface area contributed by atoms with E-state index in [9.17, 15) is 4.79 Å². The first kappa shape index (κ1) is 20.8. The van der Waals surface area contributed by atoms with E-state index in [-0.39, 0.29) is 5.91 Å². The Morgan fingerprint density at radius 1 is 1.12 bits per heavy atom. The number of guanidine groups is 1. The molecule has 0 aliphatic carbocycles. The number of rotatable bonds is 10. The number of amides is 1. The summed E-state index contributed by atoms with van der Waals surface area (Å²) in [6.45, 7) is 2.33. The Morgan fingerprint density at radius 3 is 2.50 bits per heavy atom. The third kappa shape index (κ3) is 9.17. The number of nitrogens with zero attached hydrogens (tertiary/aromatic N) is 1. The molecule has 0 saturated heterocycles. The SMILES string of the molecule is CN=C(NCCCCSC)NCCCNC(=O)c1cccc(Br)c1. The van der Waals surface area contributed by atoms with Crippen LogP contribution in [0, 0.1) is 0 Å². The van der Waals surface area contributed by atoms with Crippen molar-refractivity contribution in [2.75, 3.05) is 38.7 Å². The lowest BCUT2D eigenvalue weighted by Crippen LogP contribution is -2.39. The molecule has 0 aliphatic rings. The largest absolute Gasteiger partial charge is 0.356 e. The Labute approximate surface area is 157 Å². The van der Waals surface area contributed by atoms with Crippen LogP contribution < -0.4 is 16.0 Å². The van der Waals surface area contributed by atoms with Crippen molar-refractivity contribution in [3.63, 3.8) is 0 Å². The van der Waals surface area contributed by atoms with Crippen molar-refractivity contribution in [3.05, 3.63) is 34.3 Å². The number of halogens is 1. The van der Waals surface area contributed by atoms with Gasteiger partial charge in [0.05, 0.1) is 0 Å². The molecule has 1 aromatic carbocycles. The molecular weight excluding hydrogens is 388 g/mol. The summed E-state index contributed by atoms with van der Waals surface area (Å²) in [7, 11) is 1.77. The van der Waals surface area contributed by atoms with E-state index in [0.29, 0.717) is 12.1 Å². The minimum atomic E-state index is -0.0485. The zero-order valence-corrected chi connectivity index (χ0v) is 16.8. The molecule has 0 heterocycles. The van der Waals surface area contributed by atoms with Crippen molar-refractivity contribution in [1.82, 2.24) is 16.0 Å². The van der Waals surface area contributed by atoms with Crippen molar-refractivity contribution in [1.29, 1.82) is 0 Å². The van der Waals surface area contributed by atoms with Crippen molar-refractivity contribution in [2.24, 2.45) is 4.99 Å². The maximum absolute atomic E-state index is 12.0. The van der Waals surface area contributed by atoms with Crippen LogP contribution in [0.25, 0.3) is 0 Å². The van der Waals surface area contributed by atoms with Gasteiger partial charge in [-0.1, -0.05) is 22.0 Å². The molecule has 0 radical (unpaired) electrons. The van der Waals surface area contributed by atoms with Crippen LogP contribution in [0.4, 0.5) is 0 Å². The fourth-order valence-corrected chi connectivity index (χ4v) is 2.92. The predicted molar refractivity (Wildman–Crippen MR) is 108 cm³/mol. The van der Waals surface area contributed by atoms with E-state index in [1.54, 1.807) is 13.1 Å². The number of hydrogen-bond acceptors (Lipinski definition) is 3. The minimum Gasteiger partial charge on any atom is -0.356 e. The van der Waals surface area contributed by atoms with Crippen molar-refractivity contribution in [3.8, 4) is 0 Å². The summed E-state index contributed by atoms with van der Waals surface area (Å²) < 4.78 is 0.907. The van der Waals surface area contributed by atoms with Gasteiger partial charge in [0, 0.05) is 36.7 Å². The Kier molecular flexibility index (Phi) is 11.4. The number of thioether (sulfide) groups is 1. The van der Waals surface area contributed by atoms with Gasteiger partial charge < -0.3 is 16.0 Å². The van der Waals surface area contributed by atoms with E-state index < -0.39 is 0 Å². The molecule has 0 atom stereocenters. The number of hydrogen-bond donors (Lipinski definition) is 3. The first-order valence-electron chi connectivity index (χ1n) is 8.14. The third-order valence-corrected chi connectivity index (χ3v) is 4.50. The number of nitrogens with one attached hydrogen (secondary N) is 3. The molecule has 24 heavy (non-hydrogen) atoms. The van der Waals surface area contributed by atoms with Gasteiger partial charge in [0.15, 0.2) is 5.96 Å². The fraction of sp³-hybridized carbons (Fsp3) is 0.529.